The van der Waals surface area contributed by atoms with E-state index in [2.05, 4.69) is 19.8 Å². The fraction of sp³-hybridized carbons (Fsp3) is 0.483. The zero-order valence-electron chi connectivity index (χ0n) is 22.6. The van der Waals surface area contributed by atoms with Gasteiger partial charge in [0.2, 0.25) is 0 Å². The van der Waals surface area contributed by atoms with E-state index in [9.17, 15) is 8.78 Å². The molecule has 0 spiro atoms. The molecule has 8 nitrogen and oxygen atoms in total. The van der Waals surface area contributed by atoms with Crippen LogP contribution in [0.4, 0.5) is 24.1 Å². The molecule has 8 rings (SSSR count). The largest absolute Gasteiger partial charge is 0.461 e. The summed E-state index contributed by atoms with van der Waals surface area (Å²) in [7, 11) is 0. The van der Waals surface area contributed by atoms with E-state index in [4.69, 9.17) is 31.8 Å². The van der Waals surface area contributed by atoms with Gasteiger partial charge in [-0.25, -0.2) is 18.2 Å². The molecule has 0 saturated carbocycles. The number of benzene rings is 2. The van der Waals surface area contributed by atoms with Crippen molar-refractivity contribution in [1.82, 2.24) is 19.9 Å². The Kier molecular flexibility index (Phi) is 6.22. The van der Waals surface area contributed by atoms with Gasteiger partial charge in [0.1, 0.15) is 29.9 Å². The molecule has 13 heteroatoms. The summed E-state index contributed by atoms with van der Waals surface area (Å²) in [5.74, 6) is -0.640. The van der Waals surface area contributed by atoms with E-state index in [1.807, 2.05) is 0 Å². The third-order valence-corrected chi connectivity index (χ3v) is 10.5. The van der Waals surface area contributed by atoms with Crippen LogP contribution in [0.5, 0.6) is 6.01 Å². The molecular weight excluding hydrogens is 589 g/mol. The van der Waals surface area contributed by atoms with Crippen molar-refractivity contribution in [3.8, 4) is 17.1 Å². The van der Waals surface area contributed by atoms with Gasteiger partial charge in [-0.05, 0) is 50.4 Å². The van der Waals surface area contributed by atoms with Gasteiger partial charge in [0.15, 0.2) is 10.9 Å². The molecular formula is C29H28ClF3N6O2S. The lowest BCUT2D eigenvalue weighted by molar-refractivity contribution is 0.0898. The Hall–Kier alpha value is -2.93. The summed E-state index contributed by atoms with van der Waals surface area (Å²) in [4.78, 5) is 18.0. The minimum atomic E-state index is -0.902. The maximum atomic E-state index is 16.7. The average molecular weight is 617 g/mol. The van der Waals surface area contributed by atoms with Gasteiger partial charge in [0, 0.05) is 29.5 Å². The fourth-order valence-electron chi connectivity index (χ4n) is 7.48. The topological polar surface area (TPSA) is 89.6 Å². The number of fused-ring (bicyclic) bond motifs is 5. The number of nitrogen functional groups attached to an aromatic ring is 1. The van der Waals surface area contributed by atoms with Crippen molar-refractivity contribution in [1.29, 1.82) is 0 Å². The van der Waals surface area contributed by atoms with Crippen LogP contribution in [0.15, 0.2) is 18.2 Å². The van der Waals surface area contributed by atoms with Crippen molar-refractivity contribution in [2.24, 2.45) is 0 Å². The van der Waals surface area contributed by atoms with Crippen molar-refractivity contribution in [3.05, 3.63) is 34.9 Å². The van der Waals surface area contributed by atoms with Gasteiger partial charge in [-0.1, -0.05) is 22.9 Å². The standard InChI is InChI=1S/C29H28ClF3N6O2S/c30-19-8-18-23(22(33)21(19)17-4-5-20(32)25-24(17)35-27(34)42-25)36-28(37-26(18)39-15-2-3-16(39)12-40-11-15)41-13-29-6-1-7-38(29)10-14(31)9-29/h4-5,8,14-16H,1-3,6-7,9-13H2,(H2,34,35)/t14-,15-,16+,29+/m1/s1. The molecule has 4 fully saturated rings. The highest BCUT2D eigenvalue weighted by atomic mass is 35.5. The Morgan fingerprint density at radius 3 is 2.76 bits per heavy atom. The maximum absolute atomic E-state index is 16.7. The van der Waals surface area contributed by atoms with Crippen molar-refractivity contribution < 1.29 is 22.6 Å². The Labute approximate surface area is 248 Å². The summed E-state index contributed by atoms with van der Waals surface area (Å²) in [6.45, 7) is 2.53. The van der Waals surface area contributed by atoms with E-state index in [1.54, 1.807) is 6.07 Å². The second-order valence-corrected chi connectivity index (χ2v) is 13.2. The molecule has 2 aromatic carbocycles. The summed E-state index contributed by atoms with van der Waals surface area (Å²) in [6.07, 6.45) is 3.14. The molecule has 2 bridgehead atoms. The minimum Gasteiger partial charge on any atom is -0.461 e. The molecule has 0 unspecified atom stereocenters. The first-order chi connectivity index (χ1) is 20.3. The number of anilines is 2. The van der Waals surface area contributed by atoms with Gasteiger partial charge < -0.3 is 20.1 Å². The lowest BCUT2D eigenvalue weighted by atomic mass is 9.95. The van der Waals surface area contributed by atoms with Crippen LogP contribution < -0.4 is 15.4 Å². The molecule has 4 atom stereocenters. The van der Waals surface area contributed by atoms with Crippen LogP contribution in [0.3, 0.4) is 0 Å². The number of nitrogens with zero attached hydrogens (tertiary/aromatic N) is 5. The monoisotopic (exact) mass is 616 g/mol. The van der Waals surface area contributed by atoms with Gasteiger partial charge >= 0.3 is 6.01 Å². The van der Waals surface area contributed by atoms with Crippen molar-refractivity contribution in [2.75, 3.05) is 43.5 Å². The van der Waals surface area contributed by atoms with Gasteiger partial charge in [-0.15, -0.1) is 0 Å². The number of alkyl halides is 1. The highest BCUT2D eigenvalue weighted by molar-refractivity contribution is 7.22. The van der Waals surface area contributed by atoms with Gasteiger partial charge in [-0.2, -0.15) is 9.97 Å². The zero-order valence-corrected chi connectivity index (χ0v) is 24.2. The van der Waals surface area contributed by atoms with Crippen LogP contribution >= 0.6 is 22.9 Å². The highest BCUT2D eigenvalue weighted by Gasteiger charge is 2.49. The van der Waals surface area contributed by atoms with Crippen molar-refractivity contribution in [3.63, 3.8) is 0 Å². The van der Waals surface area contributed by atoms with Gasteiger partial charge in [0.05, 0.1) is 46.1 Å². The van der Waals surface area contributed by atoms with Crippen LogP contribution in [0.2, 0.25) is 5.02 Å². The number of hydrogen-bond acceptors (Lipinski definition) is 9. The van der Waals surface area contributed by atoms with E-state index < -0.39 is 23.3 Å². The number of thiazole rings is 1. The highest BCUT2D eigenvalue weighted by Crippen LogP contribution is 2.45. The van der Waals surface area contributed by atoms with Gasteiger partial charge in [-0.3, -0.25) is 4.90 Å². The van der Waals surface area contributed by atoms with Crippen LogP contribution in [0, 0.1) is 11.6 Å². The molecule has 42 heavy (non-hydrogen) atoms. The normalized spacial score (nSPS) is 27.4. The van der Waals surface area contributed by atoms with Crippen LogP contribution in [-0.4, -0.2) is 76.6 Å². The number of rotatable bonds is 5. The maximum Gasteiger partial charge on any atom is 0.319 e. The molecule has 6 heterocycles. The molecule has 2 N–H and O–H groups in total. The molecule has 220 valence electrons. The molecule has 4 aromatic rings. The predicted molar refractivity (Wildman–Crippen MR) is 156 cm³/mol. The molecule has 0 amide bonds. The summed E-state index contributed by atoms with van der Waals surface area (Å²) in [5, 5.41) is 0.743. The number of aromatic nitrogens is 3. The number of ether oxygens (including phenoxy) is 2. The van der Waals surface area contributed by atoms with E-state index in [1.165, 1.54) is 12.1 Å². The number of hydrogen-bond donors (Lipinski definition) is 1. The van der Waals surface area contributed by atoms with Crippen LogP contribution in [0.25, 0.3) is 32.2 Å². The number of halogens is 4. The summed E-state index contributed by atoms with van der Waals surface area (Å²) >= 11 is 7.78. The van der Waals surface area contributed by atoms with E-state index >= 15 is 4.39 Å². The third-order valence-electron chi connectivity index (χ3n) is 9.34. The Bertz CT molecular complexity index is 1730. The SMILES string of the molecule is Nc1nc2c(-c3c(Cl)cc4c(N5[C@@H]6CC[C@H]5COC6)nc(OC[C@@]56CCCN5C[C@H](F)C6)nc4c3F)ccc(F)c2s1. The smallest absolute Gasteiger partial charge is 0.319 e. The lowest BCUT2D eigenvalue weighted by Crippen LogP contribution is -2.46. The van der Waals surface area contributed by atoms with Crippen LogP contribution in [-0.2, 0) is 4.74 Å². The van der Waals surface area contributed by atoms with E-state index in [-0.39, 0.29) is 56.2 Å². The first-order valence-electron chi connectivity index (χ1n) is 14.2. The number of nitrogens with two attached hydrogens (primary N) is 1. The second-order valence-electron chi connectivity index (χ2n) is 11.8. The fourth-order valence-corrected chi connectivity index (χ4v) is 8.54. The zero-order chi connectivity index (χ0) is 28.7. The molecule has 0 aliphatic carbocycles. The second kappa shape index (κ2) is 9.80. The van der Waals surface area contributed by atoms with Crippen molar-refractivity contribution >= 4 is 55.0 Å². The predicted octanol–water partition coefficient (Wildman–Crippen LogP) is 5.74. The first kappa shape index (κ1) is 26.7. The van der Waals surface area contributed by atoms with E-state index in [0.717, 1.165) is 43.6 Å². The lowest BCUT2D eigenvalue weighted by Gasteiger charge is -2.36. The third kappa shape index (κ3) is 4.05. The van der Waals surface area contributed by atoms with E-state index in [0.29, 0.717) is 42.9 Å². The molecule has 4 aliphatic rings. The quantitative estimate of drug-likeness (QED) is 0.304. The average Bonchev–Trinajstić information content (AvgIpc) is 3.68. The Balaban J connectivity index is 1.29. The summed E-state index contributed by atoms with van der Waals surface area (Å²) in [5.41, 5.74) is 6.12. The molecule has 4 saturated heterocycles. The molecule has 0 radical (unpaired) electrons. The minimum absolute atomic E-state index is 0.0289. The summed E-state index contributed by atoms with van der Waals surface area (Å²) in [6, 6.07) is 4.56. The first-order valence-corrected chi connectivity index (χ1v) is 15.4. The Morgan fingerprint density at radius 1 is 1.14 bits per heavy atom. The van der Waals surface area contributed by atoms with Crippen LogP contribution in [0.1, 0.15) is 32.1 Å². The Morgan fingerprint density at radius 2 is 1.95 bits per heavy atom. The molecule has 2 aromatic heterocycles. The molecule has 4 aliphatic heterocycles. The summed E-state index contributed by atoms with van der Waals surface area (Å²) < 4.78 is 58.0. The van der Waals surface area contributed by atoms with Crippen molar-refractivity contribution in [2.45, 2.75) is 55.9 Å². The van der Waals surface area contributed by atoms with Gasteiger partial charge in [0.25, 0.3) is 0 Å². The number of morpholine rings is 1.